The number of carbonyl (C=O) groups excluding carboxylic acids is 1. The molecule has 0 N–H and O–H groups in total. The minimum absolute atomic E-state index is 0.200. The third kappa shape index (κ3) is 2.74. The molecule has 0 atom stereocenters. The van der Waals surface area contributed by atoms with Crippen molar-refractivity contribution < 1.29 is 13.9 Å². The molecule has 0 aliphatic rings. The van der Waals surface area contributed by atoms with Gasteiger partial charge in [0.1, 0.15) is 5.76 Å². The number of nitrogens with zero attached hydrogens (tertiary/aromatic N) is 3. The number of methoxy groups -OCH3 is 1. The topological polar surface area (TPSA) is 69.6 Å². The minimum Gasteiger partial charge on any atom is -0.463 e. The van der Waals surface area contributed by atoms with Gasteiger partial charge >= 0.3 is 5.97 Å². The Bertz CT molecular complexity index is 1130. The Kier molecular flexibility index (Phi) is 4.16. The van der Waals surface area contributed by atoms with Crippen LogP contribution < -0.4 is 0 Å². The smallest absolute Gasteiger partial charge is 0.373 e. The maximum absolute atomic E-state index is 11.5. The van der Waals surface area contributed by atoms with E-state index in [9.17, 15) is 4.79 Å². The minimum atomic E-state index is -0.480. The molecule has 0 saturated heterocycles. The molecule has 0 bridgehead atoms. The van der Waals surface area contributed by atoms with Crippen LogP contribution in [0.2, 0.25) is 0 Å². The van der Waals surface area contributed by atoms with Crippen molar-refractivity contribution in [3.63, 3.8) is 0 Å². The summed E-state index contributed by atoms with van der Waals surface area (Å²) in [6.07, 6.45) is 0. The predicted octanol–water partition coefficient (Wildman–Crippen LogP) is 4.17. The van der Waals surface area contributed by atoms with Crippen molar-refractivity contribution in [3.05, 3.63) is 59.0 Å². The Balaban J connectivity index is 1.71. The second-order valence-corrected chi connectivity index (χ2v) is 6.96. The normalized spacial score (nSPS) is 11.3. The second-order valence-electron chi connectivity index (χ2n) is 6.02. The molecule has 4 aromatic rings. The molecule has 132 valence electrons. The van der Waals surface area contributed by atoms with E-state index in [0.29, 0.717) is 11.5 Å². The van der Waals surface area contributed by atoms with E-state index in [2.05, 4.69) is 51.4 Å². The van der Waals surface area contributed by atoms with Gasteiger partial charge in [-0.3, -0.25) is 4.40 Å². The van der Waals surface area contributed by atoms with Crippen LogP contribution in [0.5, 0.6) is 0 Å². The van der Waals surface area contributed by atoms with Gasteiger partial charge in [-0.15, -0.1) is 10.2 Å². The number of benzene rings is 1. The maximum Gasteiger partial charge on any atom is 0.373 e. The molecule has 3 heterocycles. The second kappa shape index (κ2) is 6.49. The number of aryl methyl sites for hydroxylation is 2. The van der Waals surface area contributed by atoms with Crippen LogP contribution in [0.3, 0.4) is 0 Å². The molecule has 0 spiro atoms. The maximum atomic E-state index is 11.5. The number of fused-ring (bicyclic) bond motifs is 3. The van der Waals surface area contributed by atoms with Crippen molar-refractivity contribution in [1.82, 2.24) is 14.6 Å². The summed E-state index contributed by atoms with van der Waals surface area (Å²) in [7, 11) is 1.33. The van der Waals surface area contributed by atoms with Gasteiger partial charge in [0.05, 0.1) is 18.4 Å². The molecule has 0 fully saturated rings. The Morgan fingerprint density at radius 1 is 1.19 bits per heavy atom. The van der Waals surface area contributed by atoms with E-state index in [1.165, 1.54) is 35.4 Å². The van der Waals surface area contributed by atoms with Crippen LogP contribution in [0.1, 0.15) is 27.4 Å². The van der Waals surface area contributed by atoms with Gasteiger partial charge in [0, 0.05) is 5.39 Å². The van der Waals surface area contributed by atoms with Crippen LogP contribution >= 0.6 is 11.8 Å². The lowest BCUT2D eigenvalue weighted by Gasteiger charge is -2.09. The van der Waals surface area contributed by atoms with Crippen molar-refractivity contribution >= 4 is 34.3 Å². The summed E-state index contributed by atoms with van der Waals surface area (Å²) in [6.45, 7) is 4.17. The van der Waals surface area contributed by atoms with Crippen LogP contribution in [-0.4, -0.2) is 27.7 Å². The van der Waals surface area contributed by atoms with E-state index in [-0.39, 0.29) is 5.76 Å². The Morgan fingerprint density at radius 2 is 2.04 bits per heavy atom. The van der Waals surface area contributed by atoms with Crippen LogP contribution in [-0.2, 0) is 10.5 Å². The van der Waals surface area contributed by atoms with Gasteiger partial charge in [-0.2, -0.15) is 0 Å². The third-order valence-electron chi connectivity index (χ3n) is 4.28. The zero-order chi connectivity index (χ0) is 18.3. The molecule has 26 heavy (non-hydrogen) atoms. The molecule has 0 saturated carbocycles. The van der Waals surface area contributed by atoms with E-state index in [4.69, 9.17) is 4.42 Å². The van der Waals surface area contributed by atoms with Gasteiger partial charge in [0.2, 0.25) is 5.76 Å². The van der Waals surface area contributed by atoms with Gasteiger partial charge in [-0.1, -0.05) is 30.0 Å². The number of carbonyl (C=O) groups is 1. The standard InChI is InChI=1S/C19H17N3O3S/c1-11-5-4-6-14-12(2)9-16-20-21-19(22(16)17(11)14)26-10-13-7-8-15(25-13)18(23)24-3/h4-9H,10H2,1-3H3. The molecule has 3 aromatic heterocycles. The highest BCUT2D eigenvalue weighted by atomic mass is 32.2. The number of pyridine rings is 1. The zero-order valence-electron chi connectivity index (χ0n) is 14.6. The highest BCUT2D eigenvalue weighted by Crippen LogP contribution is 2.29. The molecule has 1 aromatic carbocycles. The summed E-state index contributed by atoms with van der Waals surface area (Å²) in [6, 6.07) is 11.7. The monoisotopic (exact) mass is 367 g/mol. The average molecular weight is 367 g/mol. The highest BCUT2D eigenvalue weighted by Gasteiger charge is 2.15. The molecule has 0 aliphatic carbocycles. The first-order valence-electron chi connectivity index (χ1n) is 8.12. The van der Waals surface area contributed by atoms with Crippen molar-refractivity contribution in [2.45, 2.75) is 24.8 Å². The van der Waals surface area contributed by atoms with Gasteiger partial charge < -0.3 is 9.15 Å². The number of hydrogen-bond acceptors (Lipinski definition) is 6. The van der Waals surface area contributed by atoms with E-state index < -0.39 is 5.97 Å². The number of ether oxygens (including phenoxy) is 1. The van der Waals surface area contributed by atoms with Gasteiger partial charge in [0.15, 0.2) is 10.8 Å². The van der Waals surface area contributed by atoms with E-state index >= 15 is 0 Å². The summed E-state index contributed by atoms with van der Waals surface area (Å²) < 4.78 is 12.3. The molecule has 0 aliphatic heterocycles. The SMILES string of the molecule is COC(=O)c1ccc(CSc2nnc3cc(C)c4cccc(C)c4n23)o1. The molecular formula is C19H17N3O3S. The lowest BCUT2D eigenvalue weighted by molar-refractivity contribution is 0.0563. The number of aromatic nitrogens is 3. The summed E-state index contributed by atoms with van der Waals surface area (Å²) in [4.78, 5) is 11.5. The molecular weight excluding hydrogens is 350 g/mol. The first-order valence-corrected chi connectivity index (χ1v) is 9.11. The predicted molar refractivity (Wildman–Crippen MR) is 99.6 cm³/mol. The van der Waals surface area contributed by atoms with E-state index in [1.807, 2.05) is 6.07 Å². The lowest BCUT2D eigenvalue weighted by Crippen LogP contribution is -1.98. The van der Waals surface area contributed by atoms with Crippen LogP contribution in [0.4, 0.5) is 0 Å². The van der Waals surface area contributed by atoms with Crippen molar-refractivity contribution in [2.24, 2.45) is 0 Å². The number of para-hydroxylation sites is 1. The van der Waals surface area contributed by atoms with Crippen LogP contribution in [0, 0.1) is 13.8 Å². The molecule has 4 rings (SSSR count). The van der Waals surface area contributed by atoms with Crippen LogP contribution in [0.25, 0.3) is 16.6 Å². The average Bonchev–Trinajstić information content (AvgIpc) is 3.26. The third-order valence-corrected chi connectivity index (χ3v) is 5.23. The lowest BCUT2D eigenvalue weighted by atomic mass is 10.1. The van der Waals surface area contributed by atoms with Crippen molar-refractivity contribution in [3.8, 4) is 0 Å². The fraction of sp³-hybridized carbons (Fsp3) is 0.211. The van der Waals surface area contributed by atoms with E-state index in [0.717, 1.165) is 16.3 Å². The molecule has 0 radical (unpaired) electrons. The van der Waals surface area contributed by atoms with Crippen molar-refractivity contribution in [1.29, 1.82) is 0 Å². The summed E-state index contributed by atoms with van der Waals surface area (Å²) in [5.41, 5.74) is 4.28. The quantitative estimate of drug-likeness (QED) is 0.398. The van der Waals surface area contributed by atoms with Crippen LogP contribution in [0.15, 0.2) is 46.0 Å². The fourth-order valence-corrected chi connectivity index (χ4v) is 3.86. The number of thioether (sulfide) groups is 1. The first-order chi connectivity index (χ1) is 12.6. The van der Waals surface area contributed by atoms with Gasteiger partial charge in [0.25, 0.3) is 0 Å². The molecule has 7 heteroatoms. The van der Waals surface area contributed by atoms with Gasteiger partial charge in [-0.05, 0) is 43.2 Å². The van der Waals surface area contributed by atoms with Gasteiger partial charge in [-0.25, -0.2) is 4.79 Å². The Labute approximate surface area is 154 Å². The summed E-state index contributed by atoms with van der Waals surface area (Å²) >= 11 is 1.52. The summed E-state index contributed by atoms with van der Waals surface area (Å²) in [5.74, 6) is 0.941. The number of hydrogen-bond donors (Lipinski definition) is 0. The number of furan rings is 1. The Morgan fingerprint density at radius 3 is 2.85 bits per heavy atom. The highest BCUT2D eigenvalue weighted by molar-refractivity contribution is 7.98. The molecule has 0 amide bonds. The summed E-state index contributed by atoms with van der Waals surface area (Å²) in [5, 5.41) is 10.6. The van der Waals surface area contributed by atoms with E-state index in [1.54, 1.807) is 12.1 Å². The molecule has 6 nitrogen and oxygen atoms in total. The van der Waals surface area contributed by atoms with Crippen molar-refractivity contribution in [2.75, 3.05) is 7.11 Å². The number of esters is 1. The first kappa shape index (κ1) is 16.7. The Hall–Kier alpha value is -2.80. The zero-order valence-corrected chi connectivity index (χ0v) is 15.5. The number of rotatable bonds is 4. The fourth-order valence-electron chi connectivity index (χ4n) is 3.03. The largest absolute Gasteiger partial charge is 0.463 e. The molecule has 0 unspecified atom stereocenters.